The normalized spacial score (nSPS) is 27.4. The SMILES string of the molecule is COc1ccc2c(c1)OCCC1NCCOC21. The Morgan fingerprint density at radius 1 is 1.35 bits per heavy atom. The zero-order valence-electron chi connectivity index (χ0n) is 9.94. The molecule has 2 unspecified atom stereocenters. The van der Waals surface area contributed by atoms with Crippen LogP contribution < -0.4 is 14.8 Å². The third-order valence-electron chi connectivity index (χ3n) is 3.39. The lowest BCUT2D eigenvalue weighted by Gasteiger charge is -2.31. The van der Waals surface area contributed by atoms with Gasteiger partial charge in [0.1, 0.15) is 17.6 Å². The third-order valence-corrected chi connectivity index (χ3v) is 3.39. The lowest BCUT2D eigenvalue weighted by molar-refractivity contribution is -0.00585. The Balaban J connectivity index is 1.97. The first-order chi connectivity index (χ1) is 8.38. The highest BCUT2D eigenvalue weighted by molar-refractivity contribution is 5.43. The monoisotopic (exact) mass is 235 g/mol. The van der Waals surface area contributed by atoms with Crippen LogP contribution in [0.4, 0.5) is 0 Å². The molecule has 1 aromatic carbocycles. The van der Waals surface area contributed by atoms with Crippen LogP contribution in [0.25, 0.3) is 0 Å². The van der Waals surface area contributed by atoms with Crippen molar-refractivity contribution in [1.29, 1.82) is 0 Å². The molecule has 2 aliphatic heterocycles. The van der Waals surface area contributed by atoms with Crippen LogP contribution in [0.5, 0.6) is 11.5 Å². The van der Waals surface area contributed by atoms with Gasteiger partial charge in [-0.1, -0.05) is 0 Å². The predicted molar refractivity (Wildman–Crippen MR) is 63.6 cm³/mol. The molecular formula is C13H17NO3. The lowest BCUT2D eigenvalue weighted by Crippen LogP contribution is -2.43. The van der Waals surface area contributed by atoms with E-state index in [2.05, 4.69) is 5.32 Å². The fraction of sp³-hybridized carbons (Fsp3) is 0.538. The van der Waals surface area contributed by atoms with Gasteiger partial charge in [0, 0.05) is 24.2 Å². The summed E-state index contributed by atoms with van der Waals surface area (Å²) in [5.41, 5.74) is 1.13. The average Bonchev–Trinajstić information content (AvgIpc) is 2.57. The Hall–Kier alpha value is -1.26. The van der Waals surface area contributed by atoms with Crippen LogP contribution in [0.15, 0.2) is 18.2 Å². The molecule has 0 aliphatic carbocycles. The topological polar surface area (TPSA) is 39.7 Å². The second kappa shape index (κ2) is 4.55. The van der Waals surface area contributed by atoms with Gasteiger partial charge in [-0.2, -0.15) is 0 Å². The standard InChI is InChI=1S/C13H17NO3/c1-15-9-2-3-10-12(8-9)16-6-4-11-13(10)17-7-5-14-11/h2-3,8,11,13-14H,4-7H2,1H3. The van der Waals surface area contributed by atoms with Crippen molar-refractivity contribution in [1.82, 2.24) is 5.32 Å². The van der Waals surface area contributed by atoms with Crippen LogP contribution in [-0.2, 0) is 4.74 Å². The van der Waals surface area contributed by atoms with E-state index in [0.29, 0.717) is 6.04 Å². The van der Waals surface area contributed by atoms with E-state index in [1.807, 2.05) is 18.2 Å². The molecule has 2 aliphatic rings. The van der Waals surface area contributed by atoms with E-state index < -0.39 is 0 Å². The van der Waals surface area contributed by atoms with Crippen molar-refractivity contribution in [2.24, 2.45) is 0 Å². The van der Waals surface area contributed by atoms with Gasteiger partial charge in [0.15, 0.2) is 0 Å². The molecule has 1 fully saturated rings. The van der Waals surface area contributed by atoms with Gasteiger partial charge < -0.3 is 19.5 Å². The number of fused-ring (bicyclic) bond motifs is 3. The maximum absolute atomic E-state index is 5.88. The van der Waals surface area contributed by atoms with Crippen molar-refractivity contribution >= 4 is 0 Å². The maximum atomic E-state index is 5.88. The number of methoxy groups -OCH3 is 1. The van der Waals surface area contributed by atoms with Crippen LogP contribution in [0, 0.1) is 0 Å². The first-order valence-corrected chi connectivity index (χ1v) is 6.04. The Morgan fingerprint density at radius 3 is 3.18 bits per heavy atom. The zero-order chi connectivity index (χ0) is 11.7. The van der Waals surface area contributed by atoms with E-state index in [0.717, 1.165) is 43.2 Å². The van der Waals surface area contributed by atoms with Gasteiger partial charge in [0.2, 0.25) is 0 Å². The Morgan fingerprint density at radius 2 is 2.29 bits per heavy atom. The molecule has 3 rings (SSSR count). The quantitative estimate of drug-likeness (QED) is 0.801. The van der Waals surface area contributed by atoms with E-state index in [-0.39, 0.29) is 6.10 Å². The molecule has 1 N–H and O–H groups in total. The molecule has 0 amide bonds. The Kier molecular flexibility index (Phi) is 2.91. The number of nitrogens with one attached hydrogen (secondary N) is 1. The molecule has 0 aromatic heterocycles. The van der Waals surface area contributed by atoms with Crippen LogP contribution in [0.1, 0.15) is 18.1 Å². The first-order valence-electron chi connectivity index (χ1n) is 6.04. The fourth-order valence-electron chi connectivity index (χ4n) is 2.51. The first kappa shape index (κ1) is 10.9. The van der Waals surface area contributed by atoms with Crippen molar-refractivity contribution in [3.8, 4) is 11.5 Å². The van der Waals surface area contributed by atoms with Crippen LogP contribution in [0.3, 0.4) is 0 Å². The summed E-state index contributed by atoms with van der Waals surface area (Å²) in [5.74, 6) is 1.71. The molecule has 17 heavy (non-hydrogen) atoms. The number of morpholine rings is 1. The number of hydrogen-bond donors (Lipinski definition) is 1. The largest absolute Gasteiger partial charge is 0.497 e. The molecule has 1 aromatic rings. The molecule has 2 heterocycles. The second-order valence-electron chi connectivity index (χ2n) is 4.39. The summed E-state index contributed by atoms with van der Waals surface area (Å²) < 4.78 is 16.9. The van der Waals surface area contributed by atoms with Crippen molar-refractivity contribution in [2.75, 3.05) is 26.9 Å². The molecule has 92 valence electrons. The Bertz CT molecular complexity index is 408. The molecule has 0 bridgehead atoms. The fourth-order valence-corrected chi connectivity index (χ4v) is 2.51. The number of ether oxygens (including phenoxy) is 3. The smallest absolute Gasteiger partial charge is 0.128 e. The van der Waals surface area contributed by atoms with Gasteiger partial charge in [-0.25, -0.2) is 0 Å². The zero-order valence-corrected chi connectivity index (χ0v) is 9.94. The number of hydrogen-bond acceptors (Lipinski definition) is 4. The van der Waals surface area contributed by atoms with Gasteiger partial charge in [0.05, 0.1) is 20.3 Å². The highest BCUT2D eigenvalue weighted by Crippen LogP contribution is 2.37. The number of rotatable bonds is 1. The van der Waals surface area contributed by atoms with Gasteiger partial charge in [-0.3, -0.25) is 0 Å². The molecule has 4 nitrogen and oxygen atoms in total. The average molecular weight is 235 g/mol. The summed E-state index contributed by atoms with van der Waals surface area (Å²) in [6, 6.07) is 6.31. The molecule has 4 heteroatoms. The van der Waals surface area contributed by atoms with E-state index in [1.165, 1.54) is 0 Å². The van der Waals surface area contributed by atoms with Gasteiger partial charge in [-0.15, -0.1) is 0 Å². The lowest BCUT2D eigenvalue weighted by atomic mass is 9.99. The van der Waals surface area contributed by atoms with Crippen molar-refractivity contribution in [3.63, 3.8) is 0 Å². The summed E-state index contributed by atoms with van der Waals surface area (Å²) in [7, 11) is 1.67. The van der Waals surface area contributed by atoms with Crippen molar-refractivity contribution < 1.29 is 14.2 Å². The minimum atomic E-state index is 0.104. The summed E-state index contributed by atoms with van der Waals surface area (Å²) in [4.78, 5) is 0. The molecule has 0 spiro atoms. The molecule has 1 saturated heterocycles. The van der Waals surface area contributed by atoms with Crippen LogP contribution >= 0.6 is 0 Å². The van der Waals surface area contributed by atoms with Crippen LogP contribution in [0.2, 0.25) is 0 Å². The molecule has 2 atom stereocenters. The maximum Gasteiger partial charge on any atom is 0.128 e. The summed E-state index contributed by atoms with van der Waals surface area (Å²) in [5, 5.41) is 3.49. The highest BCUT2D eigenvalue weighted by atomic mass is 16.5. The predicted octanol–water partition coefficient (Wildman–Crippen LogP) is 1.51. The second-order valence-corrected chi connectivity index (χ2v) is 4.39. The van der Waals surface area contributed by atoms with E-state index in [4.69, 9.17) is 14.2 Å². The van der Waals surface area contributed by atoms with Gasteiger partial charge in [-0.05, 0) is 18.6 Å². The third kappa shape index (κ3) is 1.98. The van der Waals surface area contributed by atoms with Crippen LogP contribution in [-0.4, -0.2) is 32.9 Å². The number of benzene rings is 1. The highest BCUT2D eigenvalue weighted by Gasteiger charge is 2.31. The van der Waals surface area contributed by atoms with E-state index in [9.17, 15) is 0 Å². The van der Waals surface area contributed by atoms with Gasteiger partial charge in [0.25, 0.3) is 0 Å². The minimum Gasteiger partial charge on any atom is -0.497 e. The molecule has 0 radical (unpaired) electrons. The van der Waals surface area contributed by atoms with Crippen molar-refractivity contribution in [2.45, 2.75) is 18.6 Å². The van der Waals surface area contributed by atoms with Gasteiger partial charge >= 0.3 is 0 Å². The van der Waals surface area contributed by atoms with E-state index in [1.54, 1.807) is 7.11 Å². The molecular weight excluding hydrogens is 218 g/mol. The van der Waals surface area contributed by atoms with Crippen molar-refractivity contribution in [3.05, 3.63) is 23.8 Å². The summed E-state index contributed by atoms with van der Waals surface area (Å²) >= 11 is 0. The van der Waals surface area contributed by atoms with E-state index >= 15 is 0 Å². The molecule has 0 saturated carbocycles. The summed E-state index contributed by atoms with van der Waals surface area (Å²) in [6.07, 6.45) is 1.08. The Labute approximate surface area is 101 Å². The summed E-state index contributed by atoms with van der Waals surface area (Å²) in [6.45, 7) is 2.40. The minimum absolute atomic E-state index is 0.104.